The predicted molar refractivity (Wildman–Crippen MR) is 66.7 cm³/mol. The van der Waals surface area contributed by atoms with Gasteiger partial charge in [-0.05, 0) is 45.2 Å². The molecule has 1 saturated carbocycles. The molecule has 0 amide bonds. The summed E-state index contributed by atoms with van der Waals surface area (Å²) < 4.78 is 5.52. The topological polar surface area (TPSA) is 24.5 Å². The Labute approximate surface area is 99.5 Å². The van der Waals surface area contributed by atoms with E-state index in [1.54, 1.807) is 0 Å². The molecule has 16 heavy (non-hydrogen) atoms. The van der Waals surface area contributed by atoms with Gasteiger partial charge in [0.2, 0.25) is 0 Å². The molecule has 1 unspecified atom stereocenters. The second kappa shape index (κ2) is 6.58. The Morgan fingerprint density at radius 1 is 1.31 bits per heavy atom. The lowest BCUT2D eigenvalue weighted by Gasteiger charge is -2.35. The van der Waals surface area contributed by atoms with Crippen LogP contribution in [-0.2, 0) is 4.74 Å². The van der Waals surface area contributed by atoms with Crippen molar-refractivity contribution >= 4 is 0 Å². The number of nitrogens with one attached hydrogen (secondary N) is 1. The van der Waals surface area contributed by atoms with Crippen molar-refractivity contribution in [3.8, 4) is 0 Å². The number of nitrogens with zero attached hydrogens (tertiary/aromatic N) is 1. The van der Waals surface area contributed by atoms with Crippen molar-refractivity contribution < 1.29 is 4.74 Å². The third-order valence-corrected chi connectivity index (χ3v) is 3.70. The highest BCUT2D eigenvalue weighted by atomic mass is 16.5. The number of morpholine rings is 1. The van der Waals surface area contributed by atoms with E-state index in [9.17, 15) is 0 Å². The minimum atomic E-state index is 0.671. The first kappa shape index (κ1) is 12.3. The number of hydrogen-bond acceptors (Lipinski definition) is 3. The van der Waals surface area contributed by atoms with Crippen LogP contribution in [0.25, 0.3) is 0 Å². The van der Waals surface area contributed by atoms with E-state index in [4.69, 9.17) is 4.74 Å². The summed E-state index contributed by atoms with van der Waals surface area (Å²) in [6.07, 6.45) is 6.68. The van der Waals surface area contributed by atoms with Gasteiger partial charge in [-0.1, -0.05) is 6.92 Å². The highest BCUT2D eigenvalue weighted by Gasteiger charge is 2.21. The zero-order valence-electron chi connectivity index (χ0n) is 10.6. The molecule has 1 aliphatic carbocycles. The van der Waals surface area contributed by atoms with E-state index in [1.165, 1.54) is 45.2 Å². The molecule has 1 N–H and O–H groups in total. The lowest BCUT2D eigenvalue weighted by Crippen LogP contribution is -2.45. The molecule has 0 aromatic rings. The largest absolute Gasteiger partial charge is 0.378 e. The van der Waals surface area contributed by atoms with Crippen molar-refractivity contribution in [1.82, 2.24) is 10.2 Å². The van der Waals surface area contributed by atoms with Crippen LogP contribution in [0.4, 0.5) is 0 Å². The normalized spacial score (nSPS) is 27.2. The quantitative estimate of drug-likeness (QED) is 0.668. The van der Waals surface area contributed by atoms with Gasteiger partial charge in [-0.3, -0.25) is 4.90 Å². The van der Waals surface area contributed by atoms with E-state index in [2.05, 4.69) is 17.1 Å². The lowest BCUT2D eigenvalue weighted by molar-refractivity contribution is -0.00910. The van der Waals surface area contributed by atoms with Crippen molar-refractivity contribution in [2.75, 3.05) is 32.8 Å². The van der Waals surface area contributed by atoms with Crippen LogP contribution < -0.4 is 5.32 Å². The zero-order chi connectivity index (χ0) is 11.2. The summed E-state index contributed by atoms with van der Waals surface area (Å²) in [5.41, 5.74) is 0. The number of unbranched alkanes of at least 4 members (excludes halogenated alkanes) is 1. The molecular formula is C13H26N2O. The van der Waals surface area contributed by atoms with Gasteiger partial charge in [0.15, 0.2) is 0 Å². The van der Waals surface area contributed by atoms with E-state index in [1.807, 2.05) is 0 Å². The fourth-order valence-electron chi connectivity index (χ4n) is 2.39. The second-order valence-electron chi connectivity index (χ2n) is 5.11. The first-order valence-electron chi connectivity index (χ1n) is 6.95. The van der Waals surface area contributed by atoms with Crippen molar-refractivity contribution in [1.29, 1.82) is 0 Å². The zero-order valence-corrected chi connectivity index (χ0v) is 10.6. The average molecular weight is 226 g/mol. The van der Waals surface area contributed by atoms with E-state index < -0.39 is 0 Å². The maximum atomic E-state index is 5.52. The van der Waals surface area contributed by atoms with E-state index in [-0.39, 0.29) is 0 Å². The van der Waals surface area contributed by atoms with Gasteiger partial charge in [0.05, 0.1) is 13.2 Å². The summed E-state index contributed by atoms with van der Waals surface area (Å²) in [6, 6.07) is 1.54. The first-order chi connectivity index (χ1) is 7.90. The van der Waals surface area contributed by atoms with Crippen LogP contribution in [0.1, 0.15) is 39.0 Å². The van der Waals surface area contributed by atoms with Crippen LogP contribution in [0.2, 0.25) is 0 Å². The fourth-order valence-corrected chi connectivity index (χ4v) is 2.39. The summed E-state index contributed by atoms with van der Waals surface area (Å²) in [5.74, 6) is 0. The Morgan fingerprint density at radius 3 is 2.94 bits per heavy atom. The minimum Gasteiger partial charge on any atom is -0.378 e. The molecule has 0 aromatic heterocycles. The maximum absolute atomic E-state index is 5.52. The van der Waals surface area contributed by atoms with Crippen molar-refractivity contribution in [3.05, 3.63) is 0 Å². The van der Waals surface area contributed by atoms with E-state index in [0.29, 0.717) is 6.04 Å². The van der Waals surface area contributed by atoms with Gasteiger partial charge < -0.3 is 10.1 Å². The minimum absolute atomic E-state index is 0.671. The number of rotatable bonds is 7. The van der Waals surface area contributed by atoms with Gasteiger partial charge in [-0.25, -0.2) is 0 Å². The molecule has 1 aliphatic heterocycles. The molecule has 2 aliphatic rings. The molecule has 0 bridgehead atoms. The van der Waals surface area contributed by atoms with Crippen LogP contribution in [0, 0.1) is 0 Å². The summed E-state index contributed by atoms with van der Waals surface area (Å²) in [6.45, 7) is 7.74. The van der Waals surface area contributed by atoms with Gasteiger partial charge >= 0.3 is 0 Å². The smallest absolute Gasteiger partial charge is 0.0622 e. The molecule has 3 heteroatoms. The van der Waals surface area contributed by atoms with Crippen LogP contribution in [-0.4, -0.2) is 49.8 Å². The molecule has 1 heterocycles. The maximum Gasteiger partial charge on any atom is 0.0622 e. The number of hydrogen-bond donors (Lipinski definition) is 1. The van der Waals surface area contributed by atoms with E-state index >= 15 is 0 Å². The monoisotopic (exact) mass is 226 g/mol. The predicted octanol–water partition coefficient (Wildman–Crippen LogP) is 1.63. The van der Waals surface area contributed by atoms with Crippen LogP contribution in [0.15, 0.2) is 0 Å². The Kier molecular flexibility index (Phi) is 5.07. The SMILES string of the molecule is CCC1COCCN1CCCCNC1CC1. The summed E-state index contributed by atoms with van der Waals surface area (Å²) in [4.78, 5) is 2.61. The van der Waals surface area contributed by atoms with Crippen LogP contribution in [0.5, 0.6) is 0 Å². The second-order valence-corrected chi connectivity index (χ2v) is 5.11. The lowest BCUT2D eigenvalue weighted by atomic mass is 10.1. The third kappa shape index (κ3) is 4.04. The molecule has 0 radical (unpaired) electrons. The Hall–Kier alpha value is -0.120. The van der Waals surface area contributed by atoms with Gasteiger partial charge in [-0.15, -0.1) is 0 Å². The highest BCUT2D eigenvalue weighted by Crippen LogP contribution is 2.18. The Morgan fingerprint density at radius 2 is 2.19 bits per heavy atom. The fraction of sp³-hybridized carbons (Fsp3) is 1.00. The summed E-state index contributed by atoms with van der Waals surface area (Å²) in [5, 5.41) is 3.58. The van der Waals surface area contributed by atoms with Crippen molar-refractivity contribution in [2.45, 2.75) is 51.1 Å². The summed E-state index contributed by atoms with van der Waals surface area (Å²) in [7, 11) is 0. The molecule has 0 aromatic carbocycles. The Bertz CT molecular complexity index is 194. The first-order valence-corrected chi connectivity index (χ1v) is 6.95. The molecule has 2 rings (SSSR count). The summed E-state index contributed by atoms with van der Waals surface area (Å²) >= 11 is 0. The molecule has 3 nitrogen and oxygen atoms in total. The molecule has 1 saturated heterocycles. The third-order valence-electron chi connectivity index (χ3n) is 3.70. The van der Waals surface area contributed by atoms with Crippen molar-refractivity contribution in [3.63, 3.8) is 0 Å². The van der Waals surface area contributed by atoms with E-state index in [0.717, 1.165) is 25.8 Å². The molecule has 0 spiro atoms. The molecular weight excluding hydrogens is 200 g/mol. The van der Waals surface area contributed by atoms with Gasteiger partial charge in [0.1, 0.15) is 0 Å². The van der Waals surface area contributed by atoms with Crippen molar-refractivity contribution in [2.24, 2.45) is 0 Å². The van der Waals surface area contributed by atoms with Gasteiger partial charge in [0.25, 0.3) is 0 Å². The molecule has 1 atom stereocenters. The van der Waals surface area contributed by atoms with Crippen LogP contribution in [0.3, 0.4) is 0 Å². The molecule has 2 fully saturated rings. The van der Waals surface area contributed by atoms with Gasteiger partial charge in [-0.2, -0.15) is 0 Å². The average Bonchev–Trinajstić information content (AvgIpc) is 3.13. The highest BCUT2D eigenvalue weighted by molar-refractivity contribution is 4.80. The standard InChI is InChI=1S/C13H26N2O/c1-2-13-11-16-10-9-15(13)8-4-3-7-14-12-5-6-12/h12-14H,2-11H2,1H3. The molecule has 94 valence electrons. The van der Waals surface area contributed by atoms with Crippen LogP contribution >= 0.6 is 0 Å². The van der Waals surface area contributed by atoms with Gasteiger partial charge in [0, 0.05) is 18.6 Å². The Balaban J connectivity index is 1.52. The number of ether oxygens (including phenoxy) is 1.